The van der Waals surface area contributed by atoms with Crippen LogP contribution in [0.1, 0.15) is 17.2 Å². The summed E-state index contributed by atoms with van der Waals surface area (Å²) < 4.78 is 1.86. The van der Waals surface area contributed by atoms with Crippen LogP contribution >= 0.6 is 11.3 Å². The van der Waals surface area contributed by atoms with Crippen molar-refractivity contribution in [2.45, 2.75) is 19.1 Å². The zero-order valence-electron chi connectivity index (χ0n) is 11.0. The molecule has 20 heavy (non-hydrogen) atoms. The fraction of sp³-hybridized carbons (Fsp3) is 0.200. The van der Waals surface area contributed by atoms with Gasteiger partial charge in [-0.05, 0) is 28.0 Å². The summed E-state index contributed by atoms with van der Waals surface area (Å²) in [5.74, 6) is 0. The van der Waals surface area contributed by atoms with Crippen molar-refractivity contribution in [1.29, 1.82) is 0 Å². The molecule has 0 radical (unpaired) electrons. The lowest BCUT2D eigenvalue weighted by atomic mass is 10.1. The molecule has 0 saturated carbocycles. The van der Waals surface area contributed by atoms with Gasteiger partial charge in [-0.15, -0.1) is 0 Å². The van der Waals surface area contributed by atoms with Gasteiger partial charge < -0.3 is 5.32 Å². The Morgan fingerprint density at radius 1 is 1.20 bits per heavy atom. The molecule has 1 aromatic carbocycles. The minimum Gasteiger partial charge on any atom is -0.304 e. The Bertz CT molecular complexity index is 605. The van der Waals surface area contributed by atoms with Gasteiger partial charge in [0.25, 0.3) is 0 Å². The zero-order valence-corrected chi connectivity index (χ0v) is 11.8. The maximum absolute atomic E-state index is 4.19. The number of nitrogens with one attached hydrogen (secondary N) is 1. The summed E-state index contributed by atoms with van der Waals surface area (Å²) in [5, 5.41) is 12.1. The maximum atomic E-state index is 4.19. The Kier molecular flexibility index (Phi) is 4.20. The van der Waals surface area contributed by atoms with E-state index in [1.165, 1.54) is 11.1 Å². The summed E-state index contributed by atoms with van der Waals surface area (Å²) >= 11 is 1.72. The molecule has 0 amide bonds. The second-order valence-electron chi connectivity index (χ2n) is 4.59. The van der Waals surface area contributed by atoms with Gasteiger partial charge in [0.1, 0.15) is 12.7 Å². The third-order valence-corrected chi connectivity index (χ3v) is 3.90. The van der Waals surface area contributed by atoms with Crippen LogP contribution in [0.15, 0.2) is 59.8 Å². The summed E-state index contributed by atoms with van der Waals surface area (Å²) in [6, 6.07) is 12.8. The van der Waals surface area contributed by atoms with Gasteiger partial charge in [0.15, 0.2) is 0 Å². The molecular formula is C15H16N4S. The predicted molar refractivity (Wildman–Crippen MR) is 80.4 cm³/mol. The lowest BCUT2D eigenvalue weighted by molar-refractivity contribution is 0.437. The SMILES string of the molecule is c1ccc(C(Cn2cncn2)NCc2ccsc2)cc1. The van der Waals surface area contributed by atoms with E-state index in [0.717, 1.165) is 13.1 Å². The van der Waals surface area contributed by atoms with Crippen molar-refractivity contribution in [2.75, 3.05) is 0 Å². The van der Waals surface area contributed by atoms with Crippen LogP contribution in [-0.4, -0.2) is 14.8 Å². The quantitative estimate of drug-likeness (QED) is 0.757. The second kappa shape index (κ2) is 6.45. The van der Waals surface area contributed by atoms with E-state index in [1.54, 1.807) is 24.0 Å². The van der Waals surface area contributed by atoms with Crippen LogP contribution in [0, 0.1) is 0 Å². The standard InChI is InChI=1S/C15H16N4S/c1-2-4-14(5-3-1)15(9-19-12-16-11-18-19)17-8-13-6-7-20-10-13/h1-7,10-12,15,17H,8-9H2. The molecule has 0 saturated heterocycles. The van der Waals surface area contributed by atoms with Gasteiger partial charge in [0.05, 0.1) is 12.6 Å². The topological polar surface area (TPSA) is 42.7 Å². The van der Waals surface area contributed by atoms with Crippen LogP contribution in [0.2, 0.25) is 0 Å². The molecule has 2 aromatic heterocycles. The highest BCUT2D eigenvalue weighted by molar-refractivity contribution is 7.07. The van der Waals surface area contributed by atoms with Crippen molar-refractivity contribution in [3.8, 4) is 0 Å². The summed E-state index contributed by atoms with van der Waals surface area (Å²) in [7, 11) is 0. The fourth-order valence-corrected chi connectivity index (χ4v) is 2.79. The van der Waals surface area contributed by atoms with E-state index in [4.69, 9.17) is 0 Å². The van der Waals surface area contributed by atoms with Crippen molar-refractivity contribution < 1.29 is 0 Å². The van der Waals surface area contributed by atoms with Gasteiger partial charge in [-0.1, -0.05) is 30.3 Å². The number of aromatic nitrogens is 3. The van der Waals surface area contributed by atoms with Crippen LogP contribution < -0.4 is 5.32 Å². The van der Waals surface area contributed by atoms with Gasteiger partial charge in [-0.3, -0.25) is 4.68 Å². The molecule has 3 rings (SSSR count). The molecule has 3 aromatic rings. The Morgan fingerprint density at radius 2 is 2.10 bits per heavy atom. The lowest BCUT2D eigenvalue weighted by Crippen LogP contribution is -2.25. The summed E-state index contributed by atoms with van der Waals surface area (Å²) in [5.41, 5.74) is 2.58. The molecule has 0 bridgehead atoms. The van der Waals surface area contributed by atoms with Gasteiger partial charge in [0, 0.05) is 6.54 Å². The number of nitrogens with zero attached hydrogens (tertiary/aromatic N) is 3. The fourth-order valence-electron chi connectivity index (χ4n) is 2.12. The van der Waals surface area contributed by atoms with Crippen molar-refractivity contribution in [3.63, 3.8) is 0 Å². The van der Waals surface area contributed by atoms with Crippen molar-refractivity contribution >= 4 is 11.3 Å². The van der Waals surface area contributed by atoms with E-state index in [9.17, 15) is 0 Å². The molecule has 2 heterocycles. The molecule has 0 spiro atoms. The largest absolute Gasteiger partial charge is 0.304 e. The molecule has 0 aliphatic heterocycles. The van der Waals surface area contributed by atoms with E-state index in [-0.39, 0.29) is 6.04 Å². The Morgan fingerprint density at radius 3 is 2.80 bits per heavy atom. The second-order valence-corrected chi connectivity index (χ2v) is 5.37. The Labute approximate surface area is 122 Å². The highest BCUT2D eigenvalue weighted by Gasteiger charge is 2.12. The first-order valence-electron chi connectivity index (χ1n) is 6.53. The lowest BCUT2D eigenvalue weighted by Gasteiger charge is -2.19. The van der Waals surface area contributed by atoms with E-state index in [1.807, 2.05) is 10.7 Å². The third kappa shape index (κ3) is 3.31. The minimum absolute atomic E-state index is 0.220. The number of rotatable bonds is 6. The van der Waals surface area contributed by atoms with Crippen LogP contribution in [-0.2, 0) is 13.1 Å². The molecule has 1 unspecified atom stereocenters. The monoisotopic (exact) mass is 284 g/mol. The van der Waals surface area contributed by atoms with Crippen LogP contribution in [0.5, 0.6) is 0 Å². The highest BCUT2D eigenvalue weighted by Crippen LogP contribution is 2.16. The van der Waals surface area contributed by atoms with E-state index in [2.05, 4.69) is 56.5 Å². The van der Waals surface area contributed by atoms with E-state index in [0.29, 0.717) is 0 Å². The first-order chi connectivity index (χ1) is 9.92. The molecule has 5 heteroatoms. The van der Waals surface area contributed by atoms with Gasteiger partial charge >= 0.3 is 0 Å². The van der Waals surface area contributed by atoms with E-state index < -0.39 is 0 Å². The van der Waals surface area contributed by atoms with Crippen LogP contribution in [0.25, 0.3) is 0 Å². The van der Waals surface area contributed by atoms with Gasteiger partial charge in [0.2, 0.25) is 0 Å². The first-order valence-corrected chi connectivity index (χ1v) is 7.48. The average Bonchev–Trinajstić information content (AvgIpc) is 3.18. The minimum atomic E-state index is 0.220. The molecule has 1 N–H and O–H groups in total. The predicted octanol–water partition coefficient (Wildman–Crippen LogP) is 2.87. The molecule has 0 aliphatic carbocycles. The molecular weight excluding hydrogens is 268 g/mol. The van der Waals surface area contributed by atoms with E-state index >= 15 is 0 Å². The Hall–Kier alpha value is -1.98. The molecule has 1 atom stereocenters. The van der Waals surface area contributed by atoms with Gasteiger partial charge in [-0.25, -0.2) is 4.98 Å². The normalized spacial score (nSPS) is 12.4. The van der Waals surface area contributed by atoms with Gasteiger partial charge in [-0.2, -0.15) is 16.4 Å². The summed E-state index contributed by atoms with van der Waals surface area (Å²) in [6.45, 7) is 1.63. The zero-order chi connectivity index (χ0) is 13.6. The van der Waals surface area contributed by atoms with Crippen molar-refractivity contribution in [1.82, 2.24) is 20.1 Å². The number of thiophene rings is 1. The van der Waals surface area contributed by atoms with Crippen LogP contribution in [0.3, 0.4) is 0 Å². The number of hydrogen-bond donors (Lipinski definition) is 1. The first kappa shape index (κ1) is 13.0. The number of benzene rings is 1. The maximum Gasteiger partial charge on any atom is 0.137 e. The molecule has 102 valence electrons. The van der Waals surface area contributed by atoms with Crippen molar-refractivity contribution in [2.24, 2.45) is 0 Å². The highest BCUT2D eigenvalue weighted by atomic mass is 32.1. The summed E-state index contributed by atoms with van der Waals surface area (Å²) in [6.07, 6.45) is 3.32. The molecule has 4 nitrogen and oxygen atoms in total. The smallest absolute Gasteiger partial charge is 0.137 e. The van der Waals surface area contributed by atoms with Crippen LogP contribution in [0.4, 0.5) is 0 Å². The average molecular weight is 284 g/mol. The third-order valence-electron chi connectivity index (χ3n) is 3.17. The van der Waals surface area contributed by atoms with Crippen molar-refractivity contribution in [3.05, 3.63) is 70.9 Å². The summed E-state index contributed by atoms with van der Waals surface area (Å²) in [4.78, 5) is 4.00. The molecule has 0 fully saturated rings. The molecule has 0 aliphatic rings. The number of hydrogen-bond acceptors (Lipinski definition) is 4. The Balaban J connectivity index is 1.73.